The molecule has 0 amide bonds. The molecule has 1 atom stereocenters. The van der Waals surface area contributed by atoms with E-state index >= 15 is 0 Å². The van der Waals surface area contributed by atoms with Crippen molar-refractivity contribution in [1.29, 1.82) is 0 Å². The minimum atomic E-state index is 0.0868. The van der Waals surface area contributed by atoms with Crippen LogP contribution in [0.4, 0.5) is 0 Å². The molecule has 2 N–H and O–H groups in total. The lowest BCUT2D eigenvalue weighted by atomic mass is 10.0. The number of nitrogens with zero attached hydrogens (tertiary/aromatic N) is 1. The molecule has 0 aromatic heterocycles. The highest BCUT2D eigenvalue weighted by Gasteiger charge is 2.10. The Bertz CT molecular complexity index is 328. The topological polar surface area (TPSA) is 38.5 Å². The van der Waals surface area contributed by atoms with Crippen LogP contribution in [0, 0.1) is 6.92 Å². The van der Waals surface area contributed by atoms with Gasteiger partial charge < -0.3 is 15.4 Å². The number of rotatable bonds is 7. The second-order valence-corrected chi connectivity index (χ2v) is 4.57. The van der Waals surface area contributed by atoms with E-state index in [0.717, 1.165) is 26.1 Å². The third-order valence-corrected chi connectivity index (χ3v) is 2.98. The van der Waals surface area contributed by atoms with E-state index in [0.29, 0.717) is 0 Å². The van der Waals surface area contributed by atoms with Gasteiger partial charge in [0.2, 0.25) is 0 Å². The molecule has 1 rings (SSSR count). The highest BCUT2D eigenvalue weighted by atomic mass is 16.5. The fraction of sp³-hybridized carbons (Fsp3) is 0.571. The summed E-state index contributed by atoms with van der Waals surface area (Å²) in [4.78, 5) is 2.26. The summed E-state index contributed by atoms with van der Waals surface area (Å²) >= 11 is 0. The van der Waals surface area contributed by atoms with Gasteiger partial charge in [0.15, 0.2) is 0 Å². The number of nitrogens with two attached hydrogens (primary N) is 1. The Balaban J connectivity index is 2.43. The molecule has 0 spiro atoms. The molecule has 0 bridgehead atoms. The Morgan fingerprint density at radius 1 is 1.35 bits per heavy atom. The smallest absolute Gasteiger partial charge is 0.0474 e. The van der Waals surface area contributed by atoms with E-state index in [-0.39, 0.29) is 6.04 Å². The number of methoxy groups -OCH3 is 1. The van der Waals surface area contributed by atoms with E-state index in [9.17, 15) is 0 Å². The molecule has 0 heterocycles. The lowest BCUT2D eigenvalue weighted by molar-refractivity contribution is 0.177. The van der Waals surface area contributed by atoms with E-state index in [1.807, 2.05) is 12.1 Å². The molecule has 1 unspecified atom stereocenters. The van der Waals surface area contributed by atoms with Gasteiger partial charge >= 0.3 is 0 Å². The SMILES string of the molecule is COCCCN(C)CC(N)c1ccccc1C. The van der Waals surface area contributed by atoms with Crippen LogP contribution >= 0.6 is 0 Å². The molecule has 1 aromatic carbocycles. The number of ether oxygens (including phenoxy) is 1. The van der Waals surface area contributed by atoms with Gasteiger partial charge in [-0.05, 0) is 31.5 Å². The molecule has 96 valence electrons. The van der Waals surface area contributed by atoms with Crippen LogP contribution in [0.2, 0.25) is 0 Å². The molecule has 0 aliphatic heterocycles. The van der Waals surface area contributed by atoms with Crippen molar-refractivity contribution in [2.45, 2.75) is 19.4 Å². The molecule has 0 radical (unpaired) electrons. The third kappa shape index (κ3) is 4.86. The van der Waals surface area contributed by atoms with Crippen molar-refractivity contribution in [3.63, 3.8) is 0 Å². The van der Waals surface area contributed by atoms with Gasteiger partial charge in [0.25, 0.3) is 0 Å². The first kappa shape index (κ1) is 14.2. The van der Waals surface area contributed by atoms with Crippen LogP contribution in [0.25, 0.3) is 0 Å². The lowest BCUT2D eigenvalue weighted by Crippen LogP contribution is -2.30. The molecule has 17 heavy (non-hydrogen) atoms. The van der Waals surface area contributed by atoms with E-state index in [1.165, 1.54) is 11.1 Å². The molecule has 0 aliphatic rings. The summed E-state index contributed by atoms with van der Waals surface area (Å²) < 4.78 is 5.04. The summed E-state index contributed by atoms with van der Waals surface area (Å²) in [6.07, 6.45) is 1.05. The molecule has 3 nitrogen and oxygen atoms in total. The van der Waals surface area contributed by atoms with Crippen LogP contribution in [-0.4, -0.2) is 38.8 Å². The molecule has 0 fully saturated rings. The van der Waals surface area contributed by atoms with Crippen molar-refractivity contribution in [1.82, 2.24) is 4.90 Å². The Hall–Kier alpha value is -0.900. The van der Waals surface area contributed by atoms with Gasteiger partial charge in [-0.1, -0.05) is 24.3 Å². The average Bonchev–Trinajstić information content (AvgIpc) is 2.29. The summed E-state index contributed by atoms with van der Waals surface area (Å²) in [5, 5.41) is 0. The Labute approximate surface area is 105 Å². The number of hydrogen-bond acceptors (Lipinski definition) is 3. The minimum absolute atomic E-state index is 0.0868. The molecular weight excluding hydrogens is 212 g/mol. The molecule has 1 aromatic rings. The first-order valence-corrected chi connectivity index (χ1v) is 6.13. The average molecular weight is 236 g/mol. The number of aryl methyl sites for hydroxylation is 1. The van der Waals surface area contributed by atoms with Crippen molar-refractivity contribution < 1.29 is 4.74 Å². The van der Waals surface area contributed by atoms with Gasteiger partial charge in [-0.15, -0.1) is 0 Å². The van der Waals surface area contributed by atoms with E-state index in [4.69, 9.17) is 10.5 Å². The molecule has 0 saturated carbocycles. The fourth-order valence-electron chi connectivity index (χ4n) is 2.01. The first-order chi connectivity index (χ1) is 8.15. The van der Waals surface area contributed by atoms with Crippen LogP contribution in [0.3, 0.4) is 0 Å². The van der Waals surface area contributed by atoms with E-state index in [1.54, 1.807) is 7.11 Å². The predicted molar refractivity (Wildman–Crippen MR) is 72.1 cm³/mol. The van der Waals surface area contributed by atoms with Crippen LogP contribution in [0.15, 0.2) is 24.3 Å². The van der Waals surface area contributed by atoms with Gasteiger partial charge in [0.05, 0.1) is 0 Å². The minimum Gasteiger partial charge on any atom is -0.385 e. The van der Waals surface area contributed by atoms with Crippen LogP contribution in [0.1, 0.15) is 23.6 Å². The van der Waals surface area contributed by atoms with E-state index < -0.39 is 0 Å². The standard InChI is InChI=1S/C14H24N2O/c1-12-7-4-5-8-13(12)14(15)11-16(2)9-6-10-17-3/h4-5,7-8,14H,6,9-11,15H2,1-3H3. The maximum absolute atomic E-state index is 6.23. The van der Waals surface area contributed by atoms with Crippen molar-refractivity contribution in [2.24, 2.45) is 5.73 Å². The second-order valence-electron chi connectivity index (χ2n) is 4.57. The highest BCUT2D eigenvalue weighted by molar-refractivity contribution is 5.28. The number of likely N-dealkylation sites (N-methyl/N-ethyl adjacent to an activating group) is 1. The van der Waals surface area contributed by atoms with E-state index in [2.05, 4.69) is 31.0 Å². The molecule has 0 aliphatic carbocycles. The van der Waals surface area contributed by atoms with Crippen LogP contribution in [0.5, 0.6) is 0 Å². The predicted octanol–water partition coefficient (Wildman–Crippen LogP) is 1.96. The largest absolute Gasteiger partial charge is 0.385 e. The summed E-state index contributed by atoms with van der Waals surface area (Å²) in [5.74, 6) is 0. The molecule has 0 saturated heterocycles. The first-order valence-electron chi connectivity index (χ1n) is 6.13. The highest BCUT2D eigenvalue weighted by Crippen LogP contribution is 2.15. The zero-order chi connectivity index (χ0) is 12.7. The van der Waals surface area contributed by atoms with Crippen molar-refractivity contribution in [3.05, 3.63) is 35.4 Å². The normalized spacial score (nSPS) is 13.0. The zero-order valence-electron chi connectivity index (χ0n) is 11.1. The van der Waals surface area contributed by atoms with Gasteiger partial charge in [-0.3, -0.25) is 0 Å². The van der Waals surface area contributed by atoms with Crippen molar-refractivity contribution in [3.8, 4) is 0 Å². The Morgan fingerprint density at radius 2 is 2.06 bits per heavy atom. The Morgan fingerprint density at radius 3 is 2.71 bits per heavy atom. The lowest BCUT2D eigenvalue weighted by Gasteiger charge is -2.22. The summed E-state index contributed by atoms with van der Waals surface area (Å²) in [5.41, 5.74) is 8.74. The van der Waals surface area contributed by atoms with Gasteiger partial charge in [0, 0.05) is 32.8 Å². The molecule has 3 heteroatoms. The fourth-order valence-corrected chi connectivity index (χ4v) is 2.01. The number of hydrogen-bond donors (Lipinski definition) is 1. The third-order valence-electron chi connectivity index (χ3n) is 2.98. The van der Waals surface area contributed by atoms with Gasteiger partial charge in [-0.2, -0.15) is 0 Å². The maximum atomic E-state index is 6.23. The zero-order valence-corrected chi connectivity index (χ0v) is 11.1. The number of benzene rings is 1. The summed E-state index contributed by atoms with van der Waals surface area (Å²) in [6.45, 7) is 4.83. The quantitative estimate of drug-likeness (QED) is 0.736. The summed E-state index contributed by atoms with van der Waals surface area (Å²) in [7, 11) is 3.84. The van der Waals surface area contributed by atoms with Crippen molar-refractivity contribution >= 4 is 0 Å². The van der Waals surface area contributed by atoms with Crippen LogP contribution < -0.4 is 5.73 Å². The summed E-state index contributed by atoms with van der Waals surface area (Å²) in [6, 6.07) is 8.41. The van der Waals surface area contributed by atoms with Gasteiger partial charge in [-0.25, -0.2) is 0 Å². The van der Waals surface area contributed by atoms with Gasteiger partial charge in [0.1, 0.15) is 0 Å². The Kier molecular flexibility index (Phi) is 6.19. The monoisotopic (exact) mass is 236 g/mol. The maximum Gasteiger partial charge on any atom is 0.0474 e. The second kappa shape index (κ2) is 7.43. The van der Waals surface area contributed by atoms with Crippen LogP contribution in [-0.2, 0) is 4.74 Å². The molecular formula is C14H24N2O. The van der Waals surface area contributed by atoms with Crippen molar-refractivity contribution in [2.75, 3.05) is 33.9 Å².